The van der Waals surface area contributed by atoms with Gasteiger partial charge in [0, 0.05) is 12.1 Å². The van der Waals surface area contributed by atoms with Gasteiger partial charge < -0.3 is 9.47 Å². The Bertz CT molecular complexity index is 1580. The van der Waals surface area contributed by atoms with Crippen molar-refractivity contribution in [2.45, 2.75) is 33.2 Å². The fraction of sp³-hybridized carbons (Fsp3) is 0.280. The van der Waals surface area contributed by atoms with Crippen molar-refractivity contribution in [1.29, 1.82) is 0 Å². The number of nitrogens with zero attached hydrogens (tertiary/aromatic N) is 5. The SMILES string of the molecule is CC[C@@H](C)n1c(C)nc2c(c1=O)c1nc3ccccc3nc1n2-c1ccc(OC)cc1OC. The summed E-state index contributed by atoms with van der Waals surface area (Å²) in [7, 11) is 3.20. The minimum atomic E-state index is -0.118. The second-order valence-electron chi connectivity index (χ2n) is 8.05. The Morgan fingerprint density at radius 3 is 2.36 bits per heavy atom. The minimum Gasteiger partial charge on any atom is -0.497 e. The summed E-state index contributed by atoms with van der Waals surface area (Å²) in [5.74, 6) is 1.88. The van der Waals surface area contributed by atoms with E-state index >= 15 is 0 Å². The summed E-state index contributed by atoms with van der Waals surface area (Å²) in [5.41, 5.74) is 3.63. The molecule has 1 atom stereocenters. The fourth-order valence-electron chi connectivity index (χ4n) is 4.31. The molecule has 8 nitrogen and oxygen atoms in total. The van der Waals surface area contributed by atoms with E-state index in [-0.39, 0.29) is 11.6 Å². The standard InChI is InChI=1S/C25H25N5O3/c1-6-14(2)29-15(3)26-23-21(25(29)31)22-24(28-18-10-8-7-9-17(18)27-22)30(23)19-12-11-16(32-4)13-20(19)33-5/h7-14H,6H2,1-5H3/t14-/m1/s1. The van der Waals surface area contributed by atoms with Crippen LogP contribution in [0.2, 0.25) is 0 Å². The molecular weight excluding hydrogens is 418 g/mol. The van der Waals surface area contributed by atoms with E-state index in [0.29, 0.717) is 45.2 Å². The first-order valence-electron chi connectivity index (χ1n) is 10.9. The van der Waals surface area contributed by atoms with Gasteiger partial charge in [0.25, 0.3) is 5.56 Å². The fourth-order valence-corrected chi connectivity index (χ4v) is 4.31. The molecule has 5 rings (SSSR count). The first-order valence-corrected chi connectivity index (χ1v) is 10.9. The second-order valence-corrected chi connectivity index (χ2v) is 8.05. The quantitative estimate of drug-likeness (QED) is 0.395. The van der Waals surface area contributed by atoms with E-state index in [1.807, 2.05) is 54.8 Å². The molecule has 3 aromatic heterocycles. The molecule has 0 saturated heterocycles. The third kappa shape index (κ3) is 3.13. The predicted molar refractivity (Wildman–Crippen MR) is 129 cm³/mol. The monoisotopic (exact) mass is 443 g/mol. The van der Waals surface area contributed by atoms with Crippen LogP contribution in [0, 0.1) is 6.92 Å². The third-order valence-electron chi connectivity index (χ3n) is 6.14. The van der Waals surface area contributed by atoms with Crippen LogP contribution in [-0.4, -0.2) is 38.3 Å². The van der Waals surface area contributed by atoms with Crippen LogP contribution in [0.1, 0.15) is 32.1 Å². The van der Waals surface area contributed by atoms with Gasteiger partial charge in [0.15, 0.2) is 11.3 Å². The number of aromatic nitrogens is 5. The molecule has 8 heteroatoms. The summed E-state index contributed by atoms with van der Waals surface area (Å²) >= 11 is 0. The molecule has 0 aliphatic rings. The average Bonchev–Trinajstić information content (AvgIpc) is 3.14. The molecule has 5 aromatic rings. The van der Waals surface area contributed by atoms with Crippen LogP contribution in [0.15, 0.2) is 47.3 Å². The Labute approximate surface area is 190 Å². The Hall–Kier alpha value is -3.94. The van der Waals surface area contributed by atoms with Crippen LogP contribution in [0.4, 0.5) is 0 Å². The van der Waals surface area contributed by atoms with Crippen molar-refractivity contribution in [3.05, 3.63) is 58.6 Å². The average molecular weight is 444 g/mol. The summed E-state index contributed by atoms with van der Waals surface area (Å²) < 4.78 is 14.6. The number of benzene rings is 2. The van der Waals surface area contributed by atoms with Crippen molar-refractivity contribution in [3.63, 3.8) is 0 Å². The Morgan fingerprint density at radius 2 is 1.70 bits per heavy atom. The molecule has 3 heterocycles. The van der Waals surface area contributed by atoms with Crippen LogP contribution >= 0.6 is 0 Å². The molecule has 0 unspecified atom stereocenters. The molecule has 0 N–H and O–H groups in total. The van der Waals surface area contributed by atoms with E-state index in [1.54, 1.807) is 24.9 Å². The molecule has 0 bridgehead atoms. The molecule has 0 spiro atoms. The molecule has 0 amide bonds. The molecule has 33 heavy (non-hydrogen) atoms. The zero-order chi connectivity index (χ0) is 23.3. The van der Waals surface area contributed by atoms with Crippen molar-refractivity contribution >= 4 is 33.2 Å². The van der Waals surface area contributed by atoms with E-state index in [0.717, 1.165) is 17.5 Å². The number of rotatable bonds is 5. The number of fused-ring (bicyclic) bond motifs is 4. The number of methoxy groups -OCH3 is 2. The maximum absolute atomic E-state index is 13.8. The van der Waals surface area contributed by atoms with Gasteiger partial charge in [-0.15, -0.1) is 0 Å². The van der Waals surface area contributed by atoms with Crippen molar-refractivity contribution in [3.8, 4) is 17.2 Å². The van der Waals surface area contributed by atoms with Gasteiger partial charge in [-0.05, 0) is 44.5 Å². The summed E-state index contributed by atoms with van der Waals surface area (Å²) in [6.07, 6.45) is 0.813. The Balaban J connectivity index is 2.00. The maximum Gasteiger partial charge on any atom is 0.265 e. The van der Waals surface area contributed by atoms with Crippen molar-refractivity contribution in [2.75, 3.05) is 14.2 Å². The third-order valence-corrected chi connectivity index (χ3v) is 6.14. The largest absolute Gasteiger partial charge is 0.497 e. The molecule has 0 aliphatic heterocycles. The summed E-state index contributed by atoms with van der Waals surface area (Å²) in [6.45, 7) is 5.94. The van der Waals surface area contributed by atoms with Crippen LogP contribution < -0.4 is 15.0 Å². The topological polar surface area (TPSA) is 84.1 Å². The molecule has 0 saturated carbocycles. The van der Waals surface area contributed by atoms with Crippen LogP contribution in [0.5, 0.6) is 11.5 Å². The lowest BCUT2D eigenvalue weighted by Gasteiger charge is -2.16. The lowest BCUT2D eigenvalue weighted by Crippen LogP contribution is -2.26. The molecule has 0 aliphatic carbocycles. The number of para-hydroxylation sites is 2. The highest BCUT2D eigenvalue weighted by molar-refractivity contribution is 6.06. The van der Waals surface area contributed by atoms with Crippen molar-refractivity contribution in [1.82, 2.24) is 24.1 Å². The predicted octanol–water partition coefficient (Wildman–Crippen LogP) is 4.58. The highest BCUT2D eigenvalue weighted by Crippen LogP contribution is 2.35. The van der Waals surface area contributed by atoms with Gasteiger partial charge >= 0.3 is 0 Å². The van der Waals surface area contributed by atoms with Crippen LogP contribution in [0.3, 0.4) is 0 Å². The minimum absolute atomic E-state index is 0.0109. The maximum atomic E-state index is 13.8. The van der Waals surface area contributed by atoms with Gasteiger partial charge in [-0.1, -0.05) is 19.1 Å². The summed E-state index contributed by atoms with van der Waals surface area (Å²) in [5, 5.41) is 0.451. The van der Waals surface area contributed by atoms with E-state index in [4.69, 9.17) is 24.4 Å². The number of hydrogen-bond acceptors (Lipinski definition) is 6. The van der Waals surface area contributed by atoms with E-state index in [1.165, 1.54) is 0 Å². The number of hydrogen-bond donors (Lipinski definition) is 0. The van der Waals surface area contributed by atoms with E-state index in [2.05, 4.69) is 6.92 Å². The van der Waals surface area contributed by atoms with Gasteiger partial charge in [-0.25, -0.2) is 15.0 Å². The molecule has 168 valence electrons. The Kier molecular flexibility index (Phi) is 5.00. The highest BCUT2D eigenvalue weighted by atomic mass is 16.5. The van der Waals surface area contributed by atoms with Crippen LogP contribution in [-0.2, 0) is 0 Å². The van der Waals surface area contributed by atoms with Crippen molar-refractivity contribution in [2.24, 2.45) is 0 Å². The number of aryl methyl sites for hydroxylation is 1. The lowest BCUT2D eigenvalue weighted by atomic mass is 10.2. The normalized spacial score (nSPS) is 12.5. The second kappa shape index (κ2) is 7.88. The summed E-state index contributed by atoms with van der Waals surface area (Å²) in [6, 6.07) is 13.2. The van der Waals surface area contributed by atoms with E-state index < -0.39 is 0 Å². The number of ether oxygens (including phenoxy) is 2. The van der Waals surface area contributed by atoms with E-state index in [9.17, 15) is 4.79 Å². The summed E-state index contributed by atoms with van der Waals surface area (Å²) in [4.78, 5) is 28.4. The van der Waals surface area contributed by atoms with Crippen molar-refractivity contribution < 1.29 is 9.47 Å². The lowest BCUT2D eigenvalue weighted by molar-refractivity contribution is 0.393. The zero-order valence-corrected chi connectivity index (χ0v) is 19.3. The molecule has 2 aromatic carbocycles. The van der Waals surface area contributed by atoms with Gasteiger partial charge in [0.2, 0.25) is 0 Å². The molecule has 0 radical (unpaired) electrons. The zero-order valence-electron chi connectivity index (χ0n) is 19.3. The van der Waals surface area contributed by atoms with Crippen LogP contribution in [0.25, 0.3) is 38.9 Å². The first-order chi connectivity index (χ1) is 16.0. The molecular formula is C25H25N5O3. The highest BCUT2D eigenvalue weighted by Gasteiger charge is 2.24. The first kappa shape index (κ1) is 20.9. The molecule has 0 fully saturated rings. The van der Waals surface area contributed by atoms with Gasteiger partial charge in [-0.2, -0.15) is 0 Å². The Morgan fingerprint density at radius 1 is 0.970 bits per heavy atom. The van der Waals surface area contributed by atoms with Gasteiger partial charge in [0.1, 0.15) is 28.2 Å². The van der Waals surface area contributed by atoms with Gasteiger partial charge in [0.05, 0.1) is 30.9 Å². The van der Waals surface area contributed by atoms with Gasteiger partial charge in [-0.3, -0.25) is 13.9 Å². The smallest absolute Gasteiger partial charge is 0.265 e.